The van der Waals surface area contributed by atoms with Crippen molar-refractivity contribution in [3.8, 4) is 0 Å². The molecule has 7 heteroatoms. The summed E-state index contributed by atoms with van der Waals surface area (Å²) in [6, 6.07) is 16.2. The van der Waals surface area contributed by atoms with Gasteiger partial charge in [-0.1, -0.05) is 30.3 Å². The molecule has 0 aliphatic carbocycles. The fraction of sp³-hybridized carbons (Fsp3) is 0.348. The van der Waals surface area contributed by atoms with Crippen molar-refractivity contribution in [1.82, 2.24) is 5.32 Å². The van der Waals surface area contributed by atoms with Crippen LogP contribution in [0, 0.1) is 5.92 Å². The number of nitrogens with zero attached hydrogens (tertiary/aromatic N) is 1. The zero-order valence-electron chi connectivity index (χ0n) is 16.7. The lowest BCUT2D eigenvalue weighted by atomic mass is 10.1. The average Bonchev–Trinajstić information content (AvgIpc) is 3.43. The van der Waals surface area contributed by atoms with Crippen LogP contribution in [0.3, 0.4) is 0 Å². The SMILES string of the molecule is O=C(NC[C@@H]1CCCO1)c1ccccc1NC(=O)[C@H]1CC(=O)N(c2ccccc2)C1. The lowest BCUT2D eigenvalue weighted by Crippen LogP contribution is -2.33. The first-order valence-electron chi connectivity index (χ1n) is 10.3. The Balaban J connectivity index is 1.40. The quantitative estimate of drug-likeness (QED) is 0.771. The Morgan fingerprint density at radius 2 is 1.83 bits per heavy atom. The number of nitrogens with one attached hydrogen (secondary N) is 2. The number of carbonyl (C=O) groups is 3. The fourth-order valence-electron chi connectivity index (χ4n) is 3.87. The number of carbonyl (C=O) groups excluding carboxylic acids is 3. The molecule has 2 N–H and O–H groups in total. The van der Waals surface area contributed by atoms with Crippen molar-refractivity contribution >= 4 is 29.1 Å². The molecule has 156 valence electrons. The van der Waals surface area contributed by atoms with E-state index in [0.717, 1.165) is 25.1 Å². The minimum Gasteiger partial charge on any atom is -0.376 e. The van der Waals surface area contributed by atoms with E-state index in [9.17, 15) is 14.4 Å². The van der Waals surface area contributed by atoms with Gasteiger partial charge in [0.15, 0.2) is 0 Å². The van der Waals surface area contributed by atoms with E-state index >= 15 is 0 Å². The number of rotatable bonds is 6. The summed E-state index contributed by atoms with van der Waals surface area (Å²) in [6.07, 6.45) is 2.14. The molecular weight excluding hydrogens is 382 g/mol. The molecule has 2 saturated heterocycles. The van der Waals surface area contributed by atoms with Crippen LogP contribution < -0.4 is 15.5 Å². The van der Waals surface area contributed by atoms with Crippen LogP contribution in [0.4, 0.5) is 11.4 Å². The van der Waals surface area contributed by atoms with E-state index in [4.69, 9.17) is 4.74 Å². The predicted octanol–water partition coefficient (Wildman–Crippen LogP) is 2.59. The molecule has 2 aliphatic rings. The third kappa shape index (κ3) is 4.52. The summed E-state index contributed by atoms with van der Waals surface area (Å²) in [6.45, 7) is 1.50. The minimum atomic E-state index is -0.472. The highest BCUT2D eigenvalue weighted by molar-refractivity contribution is 6.07. The van der Waals surface area contributed by atoms with Crippen molar-refractivity contribution in [2.24, 2.45) is 5.92 Å². The van der Waals surface area contributed by atoms with Crippen LogP contribution in [0.15, 0.2) is 54.6 Å². The molecule has 2 aromatic carbocycles. The van der Waals surface area contributed by atoms with Gasteiger partial charge in [0.2, 0.25) is 11.8 Å². The summed E-state index contributed by atoms with van der Waals surface area (Å²) < 4.78 is 5.54. The summed E-state index contributed by atoms with van der Waals surface area (Å²) in [4.78, 5) is 39.5. The van der Waals surface area contributed by atoms with Gasteiger partial charge in [0, 0.05) is 31.8 Å². The van der Waals surface area contributed by atoms with Crippen LogP contribution in [-0.4, -0.2) is 43.5 Å². The molecule has 30 heavy (non-hydrogen) atoms. The molecule has 2 aromatic rings. The maximum Gasteiger partial charge on any atom is 0.253 e. The third-order valence-electron chi connectivity index (χ3n) is 5.51. The maximum atomic E-state index is 12.8. The summed E-state index contributed by atoms with van der Waals surface area (Å²) in [5.74, 6) is -1.07. The van der Waals surface area contributed by atoms with Gasteiger partial charge in [-0.05, 0) is 37.1 Å². The second-order valence-corrected chi connectivity index (χ2v) is 7.62. The molecule has 0 bridgehead atoms. The summed E-state index contributed by atoms with van der Waals surface area (Å²) in [7, 11) is 0. The molecule has 0 radical (unpaired) electrons. The largest absolute Gasteiger partial charge is 0.376 e. The first-order valence-corrected chi connectivity index (χ1v) is 10.3. The van der Waals surface area contributed by atoms with E-state index in [1.807, 2.05) is 30.3 Å². The highest BCUT2D eigenvalue weighted by Gasteiger charge is 2.35. The topological polar surface area (TPSA) is 87.7 Å². The Bertz CT molecular complexity index is 925. The van der Waals surface area contributed by atoms with Gasteiger partial charge < -0.3 is 20.3 Å². The van der Waals surface area contributed by atoms with Gasteiger partial charge in [0.1, 0.15) is 0 Å². The van der Waals surface area contributed by atoms with E-state index < -0.39 is 5.92 Å². The number of amides is 3. The van der Waals surface area contributed by atoms with Crippen LogP contribution >= 0.6 is 0 Å². The summed E-state index contributed by atoms with van der Waals surface area (Å²) in [5.41, 5.74) is 1.62. The van der Waals surface area contributed by atoms with E-state index in [2.05, 4.69) is 10.6 Å². The second kappa shape index (κ2) is 9.09. The lowest BCUT2D eigenvalue weighted by Gasteiger charge is -2.17. The van der Waals surface area contributed by atoms with Gasteiger partial charge in [0.25, 0.3) is 5.91 Å². The van der Waals surface area contributed by atoms with Gasteiger partial charge in [0.05, 0.1) is 23.3 Å². The second-order valence-electron chi connectivity index (χ2n) is 7.62. The third-order valence-corrected chi connectivity index (χ3v) is 5.51. The highest BCUT2D eigenvalue weighted by atomic mass is 16.5. The zero-order valence-corrected chi connectivity index (χ0v) is 16.7. The van der Waals surface area contributed by atoms with Gasteiger partial charge >= 0.3 is 0 Å². The molecule has 0 unspecified atom stereocenters. The van der Waals surface area contributed by atoms with Crippen molar-refractivity contribution in [3.05, 3.63) is 60.2 Å². The number of ether oxygens (including phenoxy) is 1. The van der Waals surface area contributed by atoms with Crippen molar-refractivity contribution in [3.63, 3.8) is 0 Å². The number of benzene rings is 2. The molecule has 0 aromatic heterocycles. The molecule has 2 heterocycles. The Morgan fingerprint density at radius 1 is 1.07 bits per heavy atom. The molecule has 0 spiro atoms. The van der Waals surface area contributed by atoms with Crippen molar-refractivity contribution in [2.75, 3.05) is 29.9 Å². The van der Waals surface area contributed by atoms with Crippen LogP contribution in [-0.2, 0) is 14.3 Å². The predicted molar refractivity (Wildman–Crippen MR) is 113 cm³/mol. The Labute approximate surface area is 175 Å². The fourth-order valence-corrected chi connectivity index (χ4v) is 3.87. The van der Waals surface area contributed by atoms with Crippen LogP contribution in [0.5, 0.6) is 0 Å². The zero-order chi connectivity index (χ0) is 20.9. The average molecular weight is 407 g/mol. The summed E-state index contributed by atoms with van der Waals surface area (Å²) in [5, 5.41) is 5.73. The smallest absolute Gasteiger partial charge is 0.253 e. The van der Waals surface area contributed by atoms with Crippen molar-refractivity contribution < 1.29 is 19.1 Å². The molecule has 2 fully saturated rings. The first kappa shape index (κ1) is 20.1. The van der Waals surface area contributed by atoms with Crippen LogP contribution in [0.1, 0.15) is 29.6 Å². The van der Waals surface area contributed by atoms with E-state index in [0.29, 0.717) is 24.3 Å². The maximum absolute atomic E-state index is 12.8. The lowest BCUT2D eigenvalue weighted by molar-refractivity contribution is -0.122. The standard InChI is InChI=1S/C23H25N3O4/c27-21-13-16(15-26(21)17-7-2-1-3-8-17)22(28)25-20-11-5-4-10-19(20)23(29)24-14-18-9-6-12-30-18/h1-5,7-8,10-11,16,18H,6,9,12-15H2,(H,24,29)(H,25,28)/t16-,18-/m0/s1. The highest BCUT2D eigenvalue weighted by Crippen LogP contribution is 2.26. The normalized spacial score (nSPS) is 20.9. The molecule has 3 amide bonds. The van der Waals surface area contributed by atoms with E-state index in [-0.39, 0.29) is 30.2 Å². The van der Waals surface area contributed by atoms with Gasteiger partial charge in [-0.2, -0.15) is 0 Å². The minimum absolute atomic E-state index is 0.0455. The van der Waals surface area contributed by atoms with Gasteiger partial charge in [-0.15, -0.1) is 0 Å². The van der Waals surface area contributed by atoms with E-state index in [1.54, 1.807) is 29.2 Å². The Kier molecular flexibility index (Phi) is 6.09. The molecular formula is C23H25N3O4. The van der Waals surface area contributed by atoms with Gasteiger partial charge in [-0.3, -0.25) is 14.4 Å². The molecule has 2 atom stereocenters. The first-order chi connectivity index (χ1) is 14.6. The van der Waals surface area contributed by atoms with Crippen molar-refractivity contribution in [2.45, 2.75) is 25.4 Å². The van der Waals surface area contributed by atoms with Crippen molar-refractivity contribution in [1.29, 1.82) is 0 Å². The van der Waals surface area contributed by atoms with Crippen LogP contribution in [0.2, 0.25) is 0 Å². The molecule has 4 rings (SSSR count). The Morgan fingerprint density at radius 3 is 2.60 bits per heavy atom. The van der Waals surface area contributed by atoms with Crippen LogP contribution in [0.25, 0.3) is 0 Å². The van der Waals surface area contributed by atoms with E-state index in [1.165, 1.54) is 0 Å². The molecule has 2 aliphatic heterocycles. The number of hydrogen-bond donors (Lipinski definition) is 2. The van der Waals surface area contributed by atoms with Gasteiger partial charge in [-0.25, -0.2) is 0 Å². The molecule has 0 saturated carbocycles. The molecule has 7 nitrogen and oxygen atoms in total. The number of anilines is 2. The number of hydrogen-bond acceptors (Lipinski definition) is 4. The Hall–Kier alpha value is -3.19. The number of para-hydroxylation sites is 2. The summed E-state index contributed by atoms with van der Waals surface area (Å²) >= 11 is 0. The monoisotopic (exact) mass is 407 g/mol.